The standard InChI is InChI=1S/C15H32N2/c1-14(2)7-5-3-4-6-10-17-13-15-8-11-16-12-9-15/h14-17H,3-13H2,1-2H3. The molecule has 1 heterocycles. The zero-order chi connectivity index (χ0) is 12.3. The van der Waals surface area contributed by atoms with Crippen molar-refractivity contribution in [2.75, 3.05) is 26.2 Å². The Morgan fingerprint density at radius 1 is 1.06 bits per heavy atom. The molecule has 1 fully saturated rings. The van der Waals surface area contributed by atoms with Crippen LogP contribution in [0.1, 0.15) is 58.8 Å². The molecule has 0 aromatic carbocycles. The zero-order valence-electron chi connectivity index (χ0n) is 11.9. The number of hydrogen-bond donors (Lipinski definition) is 2. The number of piperidine rings is 1. The lowest BCUT2D eigenvalue weighted by Gasteiger charge is -2.22. The van der Waals surface area contributed by atoms with Crippen LogP contribution in [0.2, 0.25) is 0 Å². The van der Waals surface area contributed by atoms with Gasteiger partial charge in [0.1, 0.15) is 0 Å². The van der Waals surface area contributed by atoms with Gasteiger partial charge in [-0.25, -0.2) is 0 Å². The van der Waals surface area contributed by atoms with Crippen LogP contribution in [0.5, 0.6) is 0 Å². The quantitative estimate of drug-likeness (QED) is 0.605. The molecule has 2 N–H and O–H groups in total. The van der Waals surface area contributed by atoms with Crippen molar-refractivity contribution in [1.29, 1.82) is 0 Å². The van der Waals surface area contributed by atoms with Gasteiger partial charge in [0, 0.05) is 0 Å². The molecule has 0 aliphatic carbocycles. The lowest BCUT2D eigenvalue weighted by molar-refractivity contribution is 0.355. The highest BCUT2D eigenvalue weighted by molar-refractivity contribution is 4.70. The summed E-state index contributed by atoms with van der Waals surface area (Å²) >= 11 is 0. The van der Waals surface area contributed by atoms with Gasteiger partial charge in [0.2, 0.25) is 0 Å². The summed E-state index contributed by atoms with van der Waals surface area (Å²) in [7, 11) is 0. The van der Waals surface area contributed by atoms with E-state index in [1.54, 1.807) is 0 Å². The molecule has 0 unspecified atom stereocenters. The van der Waals surface area contributed by atoms with Crippen LogP contribution >= 0.6 is 0 Å². The first-order valence-electron chi connectivity index (χ1n) is 7.70. The van der Waals surface area contributed by atoms with E-state index in [0.717, 1.165) is 11.8 Å². The number of unbranched alkanes of at least 4 members (excludes halogenated alkanes) is 3. The Labute approximate surface area is 108 Å². The highest BCUT2D eigenvalue weighted by atomic mass is 14.9. The molecule has 0 aromatic rings. The molecule has 1 saturated heterocycles. The van der Waals surface area contributed by atoms with E-state index in [1.165, 1.54) is 71.1 Å². The van der Waals surface area contributed by atoms with Gasteiger partial charge in [0.15, 0.2) is 0 Å². The van der Waals surface area contributed by atoms with E-state index >= 15 is 0 Å². The Hall–Kier alpha value is -0.0800. The van der Waals surface area contributed by atoms with Crippen molar-refractivity contribution in [2.24, 2.45) is 11.8 Å². The molecule has 2 heteroatoms. The van der Waals surface area contributed by atoms with Crippen LogP contribution in [0.15, 0.2) is 0 Å². The first-order valence-corrected chi connectivity index (χ1v) is 7.70. The SMILES string of the molecule is CC(C)CCCCCCNCC1CCNCC1. The van der Waals surface area contributed by atoms with Crippen molar-refractivity contribution >= 4 is 0 Å². The Bertz CT molecular complexity index is 162. The highest BCUT2D eigenvalue weighted by Crippen LogP contribution is 2.11. The summed E-state index contributed by atoms with van der Waals surface area (Å²) < 4.78 is 0. The van der Waals surface area contributed by atoms with Gasteiger partial charge in [-0.1, -0.05) is 39.5 Å². The van der Waals surface area contributed by atoms with Crippen LogP contribution in [-0.2, 0) is 0 Å². The molecule has 17 heavy (non-hydrogen) atoms. The third-order valence-corrected chi connectivity index (χ3v) is 3.78. The third-order valence-electron chi connectivity index (χ3n) is 3.78. The van der Waals surface area contributed by atoms with Crippen LogP contribution in [0, 0.1) is 11.8 Å². The van der Waals surface area contributed by atoms with Crippen molar-refractivity contribution in [3.8, 4) is 0 Å². The lowest BCUT2D eigenvalue weighted by Crippen LogP contribution is -2.33. The minimum atomic E-state index is 0.882. The second-order valence-electron chi connectivity index (χ2n) is 5.99. The van der Waals surface area contributed by atoms with E-state index in [4.69, 9.17) is 0 Å². The van der Waals surface area contributed by atoms with Gasteiger partial charge in [0.25, 0.3) is 0 Å². The summed E-state index contributed by atoms with van der Waals surface area (Å²) in [5.74, 6) is 1.81. The Balaban J connectivity index is 1.78. The van der Waals surface area contributed by atoms with E-state index in [1.807, 2.05) is 0 Å². The number of hydrogen-bond acceptors (Lipinski definition) is 2. The molecule has 0 amide bonds. The van der Waals surface area contributed by atoms with Crippen LogP contribution < -0.4 is 10.6 Å². The van der Waals surface area contributed by atoms with E-state index in [-0.39, 0.29) is 0 Å². The fourth-order valence-electron chi connectivity index (χ4n) is 2.55. The highest BCUT2D eigenvalue weighted by Gasteiger charge is 2.11. The van der Waals surface area contributed by atoms with E-state index in [9.17, 15) is 0 Å². The van der Waals surface area contributed by atoms with Gasteiger partial charge in [-0.2, -0.15) is 0 Å². The summed E-state index contributed by atoms with van der Waals surface area (Å²) in [6.07, 6.45) is 9.75. The molecule has 0 saturated carbocycles. The predicted molar refractivity (Wildman–Crippen MR) is 76.4 cm³/mol. The van der Waals surface area contributed by atoms with E-state index in [0.29, 0.717) is 0 Å². The molecule has 0 atom stereocenters. The van der Waals surface area contributed by atoms with Gasteiger partial charge in [-0.3, -0.25) is 0 Å². The van der Waals surface area contributed by atoms with Crippen LogP contribution in [0.25, 0.3) is 0 Å². The van der Waals surface area contributed by atoms with E-state index in [2.05, 4.69) is 24.5 Å². The minimum Gasteiger partial charge on any atom is -0.317 e. The maximum Gasteiger partial charge on any atom is -0.00196 e. The fraction of sp³-hybridized carbons (Fsp3) is 1.00. The summed E-state index contributed by atoms with van der Waals surface area (Å²) in [5.41, 5.74) is 0. The molecular formula is C15H32N2. The van der Waals surface area contributed by atoms with Gasteiger partial charge >= 0.3 is 0 Å². The average Bonchev–Trinajstić information content (AvgIpc) is 2.33. The number of rotatable bonds is 9. The van der Waals surface area contributed by atoms with E-state index < -0.39 is 0 Å². The first-order chi connectivity index (χ1) is 8.29. The molecule has 2 nitrogen and oxygen atoms in total. The van der Waals surface area contributed by atoms with Crippen molar-refractivity contribution in [3.63, 3.8) is 0 Å². The zero-order valence-corrected chi connectivity index (χ0v) is 11.9. The topological polar surface area (TPSA) is 24.1 Å². The molecular weight excluding hydrogens is 208 g/mol. The average molecular weight is 240 g/mol. The van der Waals surface area contributed by atoms with Crippen molar-refractivity contribution < 1.29 is 0 Å². The first kappa shape index (κ1) is 15.0. The van der Waals surface area contributed by atoms with Gasteiger partial charge in [-0.05, 0) is 57.3 Å². The predicted octanol–water partition coefficient (Wildman–Crippen LogP) is 3.18. The van der Waals surface area contributed by atoms with Gasteiger partial charge in [-0.15, -0.1) is 0 Å². The molecule has 102 valence electrons. The molecule has 0 radical (unpaired) electrons. The van der Waals surface area contributed by atoms with Crippen molar-refractivity contribution in [2.45, 2.75) is 58.8 Å². The van der Waals surface area contributed by atoms with Gasteiger partial charge in [0.05, 0.1) is 0 Å². The Morgan fingerprint density at radius 3 is 2.47 bits per heavy atom. The van der Waals surface area contributed by atoms with Crippen molar-refractivity contribution in [1.82, 2.24) is 10.6 Å². The Morgan fingerprint density at radius 2 is 1.76 bits per heavy atom. The normalized spacial score (nSPS) is 17.8. The van der Waals surface area contributed by atoms with Crippen LogP contribution in [0.3, 0.4) is 0 Å². The third kappa shape index (κ3) is 8.62. The summed E-state index contributed by atoms with van der Waals surface area (Å²) in [4.78, 5) is 0. The maximum absolute atomic E-state index is 3.63. The van der Waals surface area contributed by atoms with Crippen LogP contribution in [0.4, 0.5) is 0 Å². The summed E-state index contributed by atoms with van der Waals surface area (Å²) in [6, 6.07) is 0. The minimum absolute atomic E-state index is 0.882. The molecule has 1 rings (SSSR count). The maximum atomic E-state index is 3.63. The van der Waals surface area contributed by atoms with Crippen LogP contribution in [-0.4, -0.2) is 26.2 Å². The number of nitrogens with one attached hydrogen (secondary N) is 2. The monoisotopic (exact) mass is 240 g/mol. The second-order valence-corrected chi connectivity index (χ2v) is 5.99. The smallest absolute Gasteiger partial charge is 0.00196 e. The molecule has 0 spiro atoms. The fourth-order valence-corrected chi connectivity index (χ4v) is 2.55. The summed E-state index contributed by atoms with van der Waals surface area (Å²) in [5, 5.41) is 7.05. The Kier molecular flexibility index (Phi) is 8.72. The van der Waals surface area contributed by atoms with Crippen molar-refractivity contribution in [3.05, 3.63) is 0 Å². The second kappa shape index (κ2) is 9.90. The molecule has 1 aliphatic rings. The molecule has 0 aromatic heterocycles. The molecule has 1 aliphatic heterocycles. The largest absolute Gasteiger partial charge is 0.317 e. The molecule has 0 bridgehead atoms. The lowest BCUT2D eigenvalue weighted by atomic mass is 9.98. The summed E-state index contributed by atoms with van der Waals surface area (Å²) in [6.45, 7) is 9.56. The van der Waals surface area contributed by atoms with Gasteiger partial charge < -0.3 is 10.6 Å².